The van der Waals surface area contributed by atoms with Gasteiger partial charge in [-0.05, 0) is 95.9 Å². The van der Waals surface area contributed by atoms with Gasteiger partial charge in [-0.2, -0.15) is 0 Å². The Hall–Kier alpha value is -2.05. The van der Waals surface area contributed by atoms with Gasteiger partial charge in [0.25, 0.3) is 0 Å². The van der Waals surface area contributed by atoms with Crippen molar-refractivity contribution in [1.82, 2.24) is 0 Å². The number of aryl methyl sites for hydroxylation is 1. The van der Waals surface area contributed by atoms with E-state index in [1.807, 2.05) is 61.7 Å². The molecule has 0 aliphatic carbocycles. The summed E-state index contributed by atoms with van der Waals surface area (Å²) in [5.74, 6) is 1.44. The molecule has 0 spiro atoms. The van der Waals surface area contributed by atoms with E-state index < -0.39 is 0 Å². The summed E-state index contributed by atoms with van der Waals surface area (Å²) in [6, 6.07) is 17.8. The zero-order valence-electron chi connectivity index (χ0n) is 16.7. The third-order valence-corrected chi connectivity index (χ3v) is 5.57. The molecule has 3 nitrogen and oxygen atoms in total. The highest BCUT2D eigenvalue weighted by Crippen LogP contribution is 2.35. The van der Waals surface area contributed by atoms with E-state index in [-0.39, 0.29) is 0 Å². The predicted octanol–water partition coefficient (Wildman–Crippen LogP) is 7.29. The number of aliphatic imine (C=N–C) groups is 1. The smallest absolute Gasteiger partial charge is 0.175 e. The topological polar surface area (TPSA) is 30.8 Å². The van der Waals surface area contributed by atoms with E-state index >= 15 is 0 Å². The number of benzene rings is 3. The van der Waals surface area contributed by atoms with Crippen LogP contribution in [0.25, 0.3) is 0 Å². The summed E-state index contributed by atoms with van der Waals surface area (Å²) in [4.78, 5) is 4.67. The van der Waals surface area contributed by atoms with Gasteiger partial charge in [-0.3, -0.25) is 4.99 Å². The lowest BCUT2D eigenvalue weighted by molar-refractivity contribution is 0.267. The Kier molecular flexibility index (Phi) is 7.56. The molecule has 0 aliphatic rings. The highest BCUT2D eigenvalue weighted by atomic mass is 127. The van der Waals surface area contributed by atoms with E-state index in [0.29, 0.717) is 24.0 Å². The summed E-state index contributed by atoms with van der Waals surface area (Å²) in [6.45, 7) is 7.12. The molecule has 0 saturated carbocycles. The second-order valence-electron chi connectivity index (χ2n) is 6.66. The number of rotatable bonds is 7. The minimum atomic E-state index is 0.423. The molecule has 3 rings (SSSR count). The lowest BCUT2D eigenvalue weighted by atomic mass is 10.1. The van der Waals surface area contributed by atoms with Crippen molar-refractivity contribution in [2.45, 2.75) is 27.4 Å². The number of ether oxygens (including phenoxy) is 2. The maximum atomic E-state index is 6.08. The van der Waals surface area contributed by atoms with Crippen molar-refractivity contribution in [3.05, 3.63) is 85.4 Å². The fraction of sp³-hybridized carbons (Fsp3) is 0.208. The Bertz CT molecular complexity index is 1030. The van der Waals surface area contributed by atoms with Crippen LogP contribution < -0.4 is 9.47 Å². The number of hydrogen-bond acceptors (Lipinski definition) is 3. The highest BCUT2D eigenvalue weighted by Gasteiger charge is 2.12. The minimum Gasteiger partial charge on any atom is -0.490 e. The first kappa shape index (κ1) is 21.7. The van der Waals surface area contributed by atoms with Crippen molar-refractivity contribution in [3.8, 4) is 11.5 Å². The molecule has 0 amide bonds. The monoisotopic (exact) mass is 519 g/mol. The van der Waals surface area contributed by atoms with Crippen LogP contribution in [0.5, 0.6) is 11.5 Å². The number of hydrogen-bond donors (Lipinski definition) is 0. The lowest BCUT2D eigenvalue weighted by Gasteiger charge is -2.15. The van der Waals surface area contributed by atoms with Crippen LogP contribution in [0.2, 0.25) is 5.02 Å². The molecular weight excluding hydrogens is 497 g/mol. The van der Waals surface area contributed by atoms with Crippen LogP contribution >= 0.6 is 34.2 Å². The molecule has 0 bridgehead atoms. The van der Waals surface area contributed by atoms with Crippen molar-refractivity contribution in [3.63, 3.8) is 0 Å². The van der Waals surface area contributed by atoms with Crippen molar-refractivity contribution < 1.29 is 9.47 Å². The van der Waals surface area contributed by atoms with Crippen LogP contribution in [0.15, 0.2) is 59.6 Å². The van der Waals surface area contributed by atoms with Crippen LogP contribution in [-0.4, -0.2) is 12.8 Å². The summed E-state index contributed by atoms with van der Waals surface area (Å²) in [7, 11) is 0. The molecule has 0 heterocycles. The van der Waals surface area contributed by atoms with Crippen molar-refractivity contribution in [2.24, 2.45) is 4.99 Å². The first-order valence-electron chi connectivity index (χ1n) is 9.41. The standard InChI is InChI=1S/C24H23ClINO2/c1-4-28-23-13-19(14-27-22-10-5-7-16(2)17(22)3)12-21(26)24(23)29-15-18-8-6-9-20(25)11-18/h5-14H,4,15H2,1-3H3. The Morgan fingerprint density at radius 1 is 1.03 bits per heavy atom. The third kappa shape index (κ3) is 5.73. The quantitative estimate of drug-likeness (QED) is 0.242. The van der Waals surface area contributed by atoms with Gasteiger partial charge in [0.15, 0.2) is 11.5 Å². The molecule has 3 aromatic carbocycles. The van der Waals surface area contributed by atoms with E-state index in [9.17, 15) is 0 Å². The van der Waals surface area contributed by atoms with Gasteiger partial charge < -0.3 is 9.47 Å². The van der Waals surface area contributed by atoms with Crippen LogP contribution in [-0.2, 0) is 6.61 Å². The Balaban J connectivity index is 1.85. The van der Waals surface area contributed by atoms with Gasteiger partial charge in [0.2, 0.25) is 0 Å². The zero-order chi connectivity index (χ0) is 20.8. The normalized spacial score (nSPS) is 11.1. The molecule has 0 aliphatic heterocycles. The van der Waals surface area contributed by atoms with Crippen molar-refractivity contribution >= 4 is 46.1 Å². The van der Waals surface area contributed by atoms with Crippen molar-refractivity contribution in [2.75, 3.05) is 6.61 Å². The summed E-state index contributed by atoms with van der Waals surface area (Å²) in [5.41, 5.74) is 5.36. The fourth-order valence-corrected chi connectivity index (χ4v) is 3.86. The van der Waals surface area contributed by atoms with Crippen LogP contribution in [0.4, 0.5) is 5.69 Å². The average molecular weight is 520 g/mol. The first-order valence-corrected chi connectivity index (χ1v) is 10.9. The van der Waals surface area contributed by atoms with E-state index in [2.05, 4.69) is 47.5 Å². The lowest BCUT2D eigenvalue weighted by Crippen LogP contribution is -2.02. The maximum absolute atomic E-state index is 6.08. The van der Waals surface area contributed by atoms with E-state index in [0.717, 1.165) is 26.1 Å². The molecule has 5 heteroatoms. The van der Waals surface area contributed by atoms with E-state index in [1.54, 1.807) is 0 Å². The van der Waals surface area contributed by atoms with Crippen LogP contribution in [0.3, 0.4) is 0 Å². The van der Waals surface area contributed by atoms with Crippen molar-refractivity contribution in [1.29, 1.82) is 0 Å². The summed E-state index contributed by atoms with van der Waals surface area (Å²) >= 11 is 8.34. The minimum absolute atomic E-state index is 0.423. The van der Waals surface area contributed by atoms with Gasteiger partial charge in [-0.1, -0.05) is 35.9 Å². The maximum Gasteiger partial charge on any atom is 0.175 e. The second kappa shape index (κ2) is 10.1. The van der Waals surface area contributed by atoms with E-state index in [1.165, 1.54) is 11.1 Å². The molecule has 0 saturated heterocycles. The van der Waals surface area contributed by atoms with Gasteiger partial charge in [0.1, 0.15) is 6.61 Å². The number of halogens is 2. The fourth-order valence-electron chi connectivity index (χ4n) is 2.87. The van der Waals surface area contributed by atoms with Gasteiger partial charge >= 0.3 is 0 Å². The summed E-state index contributed by atoms with van der Waals surface area (Å²) in [5, 5.41) is 0.698. The van der Waals surface area contributed by atoms with Crippen LogP contribution in [0.1, 0.15) is 29.2 Å². The molecule has 0 N–H and O–H groups in total. The van der Waals surface area contributed by atoms with Crippen LogP contribution in [0, 0.1) is 17.4 Å². The average Bonchev–Trinajstić information content (AvgIpc) is 2.69. The molecule has 0 radical (unpaired) electrons. The molecule has 150 valence electrons. The first-order chi connectivity index (χ1) is 14.0. The second-order valence-corrected chi connectivity index (χ2v) is 8.26. The molecule has 0 fully saturated rings. The molecule has 0 atom stereocenters. The Labute approximate surface area is 190 Å². The Morgan fingerprint density at radius 2 is 1.83 bits per heavy atom. The largest absolute Gasteiger partial charge is 0.490 e. The molecular formula is C24H23ClINO2. The zero-order valence-corrected chi connectivity index (χ0v) is 19.6. The van der Waals surface area contributed by atoms with Gasteiger partial charge in [0, 0.05) is 11.2 Å². The SMILES string of the molecule is CCOc1cc(C=Nc2cccc(C)c2C)cc(I)c1OCc1cccc(Cl)c1. The molecule has 0 unspecified atom stereocenters. The highest BCUT2D eigenvalue weighted by molar-refractivity contribution is 14.1. The van der Waals surface area contributed by atoms with Gasteiger partial charge in [0.05, 0.1) is 15.9 Å². The molecule has 0 aromatic heterocycles. The number of nitrogens with zero attached hydrogens (tertiary/aromatic N) is 1. The summed E-state index contributed by atoms with van der Waals surface area (Å²) < 4.78 is 12.9. The molecule has 29 heavy (non-hydrogen) atoms. The van der Waals surface area contributed by atoms with E-state index in [4.69, 9.17) is 21.1 Å². The third-order valence-electron chi connectivity index (χ3n) is 4.53. The van der Waals surface area contributed by atoms with Gasteiger partial charge in [-0.25, -0.2) is 0 Å². The summed E-state index contributed by atoms with van der Waals surface area (Å²) in [6.07, 6.45) is 1.87. The Morgan fingerprint density at radius 3 is 2.59 bits per heavy atom. The van der Waals surface area contributed by atoms with Gasteiger partial charge in [-0.15, -0.1) is 0 Å². The molecule has 3 aromatic rings. The predicted molar refractivity (Wildman–Crippen MR) is 129 cm³/mol.